The van der Waals surface area contributed by atoms with Gasteiger partial charge >= 0.3 is 0 Å². The van der Waals surface area contributed by atoms with Crippen LogP contribution in [0.15, 0.2) is 43.0 Å². The van der Waals surface area contributed by atoms with Crippen LogP contribution in [-0.2, 0) is 10.2 Å². The number of nitrogens with zero attached hydrogens (tertiary/aromatic N) is 4. The summed E-state index contributed by atoms with van der Waals surface area (Å²) in [6, 6.07) is 10.7. The maximum absolute atomic E-state index is 10.4. The number of rotatable bonds is 6. The van der Waals surface area contributed by atoms with E-state index in [1.807, 2.05) is 6.07 Å². The molecule has 170 valence electrons. The highest BCUT2D eigenvalue weighted by atomic mass is 16.6. The first-order chi connectivity index (χ1) is 15.6. The highest BCUT2D eigenvalue weighted by Gasteiger charge is 2.44. The second kappa shape index (κ2) is 8.74. The molecule has 0 amide bonds. The molecule has 1 saturated carbocycles. The molecule has 2 fully saturated rings. The number of hydrogen-bond acceptors (Lipinski definition) is 8. The maximum Gasteiger partial charge on any atom is 0.167 e. The fourth-order valence-electron chi connectivity index (χ4n) is 5.12. The summed E-state index contributed by atoms with van der Waals surface area (Å²) in [5, 5.41) is 33.4. The van der Waals surface area contributed by atoms with Crippen LogP contribution in [-0.4, -0.2) is 66.3 Å². The van der Waals surface area contributed by atoms with E-state index < -0.39 is 24.5 Å². The lowest BCUT2D eigenvalue weighted by Crippen LogP contribution is -2.36. The molecule has 32 heavy (non-hydrogen) atoms. The normalized spacial score (nSPS) is 27.6. The van der Waals surface area contributed by atoms with Crippen LogP contribution in [0, 0.1) is 0 Å². The Kier molecular flexibility index (Phi) is 5.81. The molecule has 2 aromatic heterocycles. The predicted octanol–water partition coefficient (Wildman–Crippen LogP) is 1.75. The molecule has 4 N–H and O–H groups in total. The molecule has 3 aromatic rings. The number of imidazole rings is 1. The van der Waals surface area contributed by atoms with E-state index in [9.17, 15) is 15.3 Å². The van der Waals surface area contributed by atoms with Crippen LogP contribution in [0.4, 0.5) is 5.82 Å². The van der Waals surface area contributed by atoms with Crippen molar-refractivity contribution >= 4 is 17.0 Å². The van der Waals surface area contributed by atoms with Crippen LogP contribution in [0.5, 0.6) is 0 Å². The van der Waals surface area contributed by atoms with Gasteiger partial charge in [-0.15, -0.1) is 0 Å². The Morgan fingerprint density at radius 2 is 1.81 bits per heavy atom. The van der Waals surface area contributed by atoms with Gasteiger partial charge in [-0.2, -0.15) is 0 Å². The molecule has 4 atom stereocenters. The molecular formula is C23H29N5O4. The van der Waals surface area contributed by atoms with Gasteiger partial charge in [-0.3, -0.25) is 4.57 Å². The average Bonchev–Trinajstić information content (AvgIpc) is 3.40. The molecule has 0 bridgehead atoms. The van der Waals surface area contributed by atoms with Crippen molar-refractivity contribution in [3.63, 3.8) is 0 Å². The van der Waals surface area contributed by atoms with Gasteiger partial charge in [-0.05, 0) is 18.4 Å². The van der Waals surface area contributed by atoms with Gasteiger partial charge in [0.15, 0.2) is 23.2 Å². The van der Waals surface area contributed by atoms with Gasteiger partial charge < -0.3 is 25.4 Å². The van der Waals surface area contributed by atoms with Crippen molar-refractivity contribution < 1.29 is 20.1 Å². The minimum absolute atomic E-state index is 0.0442. The summed E-state index contributed by atoms with van der Waals surface area (Å²) < 4.78 is 7.23. The minimum Gasteiger partial charge on any atom is -0.394 e. The highest BCUT2D eigenvalue weighted by Crippen LogP contribution is 2.40. The lowest BCUT2D eigenvalue weighted by Gasteiger charge is -2.38. The van der Waals surface area contributed by atoms with E-state index in [1.165, 1.54) is 37.5 Å². The number of benzene rings is 1. The lowest BCUT2D eigenvalue weighted by atomic mass is 9.69. The molecule has 5 rings (SSSR count). The first kappa shape index (κ1) is 21.3. The smallest absolute Gasteiger partial charge is 0.167 e. The Hall–Kier alpha value is -2.59. The molecule has 0 radical (unpaired) electrons. The van der Waals surface area contributed by atoms with Gasteiger partial charge in [0.25, 0.3) is 0 Å². The topological polar surface area (TPSA) is 126 Å². The number of aliphatic hydroxyl groups is 3. The quantitative estimate of drug-likeness (QED) is 0.458. The van der Waals surface area contributed by atoms with Gasteiger partial charge in [0.2, 0.25) is 0 Å². The number of fused-ring (bicyclic) bond motifs is 1. The number of aromatic nitrogens is 4. The fraction of sp³-hybridized carbons (Fsp3) is 0.522. The Bertz CT molecular complexity index is 1050. The summed E-state index contributed by atoms with van der Waals surface area (Å²) in [5.74, 6) is 0.626. The number of anilines is 1. The van der Waals surface area contributed by atoms with E-state index >= 15 is 0 Å². The molecule has 2 aliphatic rings. The van der Waals surface area contributed by atoms with Gasteiger partial charge in [0.1, 0.15) is 24.6 Å². The van der Waals surface area contributed by atoms with Crippen LogP contribution >= 0.6 is 0 Å². The Morgan fingerprint density at radius 3 is 2.53 bits per heavy atom. The molecule has 1 aromatic carbocycles. The summed E-state index contributed by atoms with van der Waals surface area (Å²) >= 11 is 0. The summed E-state index contributed by atoms with van der Waals surface area (Å²) in [5.41, 5.74) is 2.45. The van der Waals surface area contributed by atoms with Crippen molar-refractivity contribution in [1.82, 2.24) is 19.5 Å². The lowest BCUT2D eigenvalue weighted by molar-refractivity contribution is -0.0511. The largest absolute Gasteiger partial charge is 0.394 e. The third-order valence-corrected chi connectivity index (χ3v) is 6.94. The summed E-state index contributed by atoms with van der Waals surface area (Å²) in [7, 11) is 0. The van der Waals surface area contributed by atoms with Crippen molar-refractivity contribution in [3.8, 4) is 0 Å². The molecule has 0 spiro atoms. The molecular weight excluding hydrogens is 410 g/mol. The van der Waals surface area contributed by atoms with Crippen molar-refractivity contribution in [2.75, 3.05) is 18.5 Å². The van der Waals surface area contributed by atoms with Crippen molar-refractivity contribution in [2.45, 2.75) is 62.1 Å². The van der Waals surface area contributed by atoms with Gasteiger partial charge in [-0.25, -0.2) is 15.0 Å². The molecule has 0 unspecified atom stereocenters. The highest BCUT2D eigenvalue weighted by molar-refractivity contribution is 5.82. The van der Waals surface area contributed by atoms with Crippen LogP contribution < -0.4 is 5.32 Å². The Balaban J connectivity index is 1.42. The molecule has 1 saturated heterocycles. The van der Waals surface area contributed by atoms with E-state index in [-0.39, 0.29) is 12.0 Å². The van der Waals surface area contributed by atoms with E-state index in [4.69, 9.17) is 4.74 Å². The third kappa shape index (κ3) is 3.65. The number of aliphatic hydroxyl groups excluding tert-OH is 3. The zero-order valence-corrected chi connectivity index (χ0v) is 17.8. The van der Waals surface area contributed by atoms with Gasteiger partial charge in [0.05, 0.1) is 12.9 Å². The summed E-state index contributed by atoms with van der Waals surface area (Å²) in [6.07, 6.45) is 4.78. The zero-order valence-electron chi connectivity index (χ0n) is 17.8. The Labute approximate surface area is 186 Å². The van der Waals surface area contributed by atoms with Crippen LogP contribution in [0.25, 0.3) is 11.2 Å². The molecule has 9 heteroatoms. The maximum atomic E-state index is 10.4. The van der Waals surface area contributed by atoms with Crippen LogP contribution in [0.1, 0.15) is 43.9 Å². The van der Waals surface area contributed by atoms with Crippen molar-refractivity contribution in [2.24, 2.45) is 0 Å². The van der Waals surface area contributed by atoms with E-state index in [1.54, 1.807) is 4.57 Å². The van der Waals surface area contributed by atoms with Crippen molar-refractivity contribution in [1.29, 1.82) is 0 Å². The molecule has 1 aliphatic carbocycles. The average molecular weight is 440 g/mol. The van der Waals surface area contributed by atoms with Crippen molar-refractivity contribution in [3.05, 3.63) is 48.5 Å². The van der Waals surface area contributed by atoms with E-state index in [0.29, 0.717) is 17.0 Å². The minimum atomic E-state index is -1.19. The third-order valence-electron chi connectivity index (χ3n) is 6.94. The summed E-state index contributed by atoms with van der Waals surface area (Å²) in [4.78, 5) is 13.2. The summed E-state index contributed by atoms with van der Waals surface area (Å²) in [6.45, 7) is 0.356. The second-order valence-electron chi connectivity index (χ2n) is 8.84. The number of ether oxygens (including phenoxy) is 1. The van der Waals surface area contributed by atoms with Crippen LogP contribution in [0.2, 0.25) is 0 Å². The van der Waals surface area contributed by atoms with Crippen LogP contribution in [0.3, 0.4) is 0 Å². The first-order valence-electron chi connectivity index (χ1n) is 11.2. The molecule has 9 nitrogen and oxygen atoms in total. The van der Waals surface area contributed by atoms with E-state index in [0.717, 1.165) is 19.4 Å². The first-order valence-corrected chi connectivity index (χ1v) is 11.2. The SMILES string of the molecule is OC[C@H]1O[C@@H](n2cnc3c(NCC4(c5ccccc5)CCCCC4)ncnc32)[C@H](O)[C@@H]1O. The monoisotopic (exact) mass is 439 g/mol. The van der Waals surface area contributed by atoms with Gasteiger partial charge in [0, 0.05) is 12.0 Å². The Morgan fingerprint density at radius 1 is 1.03 bits per heavy atom. The number of hydrogen-bond donors (Lipinski definition) is 4. The zero-order chi connectivity index (χ0) is 22.1. The molecule has 1 aliphatic heterocycles. The molecule has 3 heterocycles. The van der Waals surface area contributed by atoms with Gasteiger partial charge in [-0.1, -0.05) is 49.6 Å². The standard InChI is InChI=1S/C23H29N5O4/c29-11-16-18(30)19(31)22(32-16)28-14-27-17-20(25-13-26-21(17)28)24-12-23(9-5-2-6-10-23)15-7-3-1-4-8-15/h1,3-4,7-8,13-14,16,18-19,22,29-31H,2,5-6,9-12H2,(H,24,25,26)/t16-,18-,19-,22-/m1/s1. The fourth-order valence-corrected chi connectivity index (χ4v) is 5.12. The number of nitrogens with one attached hydrogen (secondary N) is 1. The second-order valence-corrected chi connectivity index (χ2v) is 8.84. The van der Waals surface area contributed by atoms with E-state index in [2.05, 4.69) is 44.5 Å². The predicted molar refractivity (Wildman–Crippen MR) is 118 cm³/mol.